The number of likely N-dealkylation sites (tertiary alicyclic amines) is 1. The molecule has 0 spiro atoms. The van der Waals surface area contributed by atoms with Gasteiger partial charge in [0.15, 0.2) is 0 Å². The summed E-state index contributed by atoms with van der Waals surface area (Å²) in [6, 6.07) is 9.07. The van der Waals surface area contributed by atoms with Crippen LogP contribution < -0.4 is 0 Å². The van der Waals surface area contributed by atoms with Crippen molar-refractivity contribution in [1.29, 1.82) is 0 Å². The van der Waals surface area contributed by atoms with Crippen molar-refractivity contribution in [3.63, 3.8) is 0 Å². The molecule has 1 aromatic carbocycles. The minimum Gasteiger partial charge on any atom is -0.396 e. The molecule has 1 saturated heterocycles. The number of aliphatic hydroxyl groups excluding tert-OH is 2. The summed E-state index contributed by atoms with van der Waals surface area (Å²) in [5.74, 6) is 0.184. The Bertz CT molecular complexity index is 924. The summed E-state index contributed by atoms with van der Waals surface area (Å²) in [5.41, 5.74) is 1.54. The van der Waals surface area contributed by atoms with E-state index in [1.165, 1.54) is 4.90 Å². The summed E-state index contributed by atoms with van der Waals surface area (Å²) >= 11 is 0. The molecular weight excluding hydrogens is 408 g/mol. The van der Waals surface area contributed by atoms with Gasteiger partial charge in [0.25, 0.3) is 0 Å². The van der Waals surface area contributed by atoms with Crippen LogP contribution in [0.3, 0.4) is 0 Å². The lowest BCUT2D eigenvalue weighted by Crippen LogP contribution is -2.54. The van der Waals surface area contributed by atoms with Crippen molar-refractivity contribution in [2.75, 3.05) is 6.61 Å². The summed E-state index contributed by atoms with van der Waals surface area (Å²) in [6.45, 7) is 2.22. The van der Waals surface area contributed by atoms with Gasteiger partial charge in [-0.25, -0.2) is 0 Å². The molecule has 0 unspecified atom stereocenters. The van der Waals surface area contributed by atoms with Gasteiger partial charge in [-0.15, -0.1) is 12.3 Å². The molecule has 2 amide bonds. The second kappa shape index (κ2) is 9.43. The smallest absolute Gasteiger partial charge is 0.234 e. The number of fused-ring (bicyclic) bond motifs is 3. The molecule has 32 heavy (non-hydrogen) atoms. The molecule has 1 aromatic rings. The number of nitrogens with zero attached hydrogens (tertiary/aromatic N) is 2. The lowest BCUT2D eigenvalue weighted by molar-refractivity contribution is -0.144. The number of terminal acetylenes is 1. The third-order valence-electron chi connectivity index (χ3n) is 7.22. The van der Waals surface area contributed by atoms with Crippen molar-refractivity contribution in [2.45, 2.75) is 57.3 Å². The predicted octanol–water partition coefficient (Wildman–Crippen LogP) is 2.29. The fraction of sp³-hybridized carbons (Fsp3) is 0.560. The van der Waals surface area contributed by atoms with Crippen LogP contribution in [0.1, 0.15) is 50.6 Å². The number of hydrogen-bond donors (Lipinski definition) is 2. The van der Waals surface area contributed by atoms with Gasteiger partial charge in [-0.05, 0) is 31.7 Å². The number of benzene rings is 1. The monoisotopic (exact) mass is 438 g/mol. The maximum atomic E-state index is 13.5. The van der Waals surface area contributed by atoms with Gasteiger partial charge < -0.3 is 15.1 Å². The Morgan fingerprint density at radius 1 is 1.19 bits per heavy atom. The summed E-state index contributed by atoms with van der Waals surface area (Å²) in [6.07, 6.45) is 5.75. The first kappa shape index (κ1) is 22.5. The van der Waals surface area contributed by atoms with Crippen LogP contribution in [0.2, 0.25) is 0 Å². The number of imide groups is 1. The van der Waals surface area contributed by atoms with Crippen molar-refractivity contribution >= 4 is 17.5 Å². The molecule has 1 aliphatic heterocycles. The van der Waals surface area contributed by atoms with Crippen LogP contribution in [0.5, 0.6) is 0 Å². The van der Waals surface area contributed by atoms with Crippen LogP contribution in [-0.4, -0.2) is 51.5 Å². The molecule has 7 atom stereocenters. The first-order valence-electron chi connectivity index (χ1n) is 11.4. The Morgan fingerprint density at radius 3 is 2.62 bits per heavy atom. The van der Waals surface area contributed by atoms with Gasteiger partial charge in [0, 0.05) is 24.7 Å². The van der Waals surface area contributed by atoms with Gasteiger partial charge in [-0.3, -0.25) is 14.5 Å². The summed E-state index contributed by atoms with van der Waals surface area (Å²) in [5, 5.41) is 25.7. The van der Waals surface area contributed by atoms with E-state index in [9.17, 15) is 19.8 Å². The summed E-state index contributed by atoms with van der Waals surface area (Å²) < 4.78 is 0. The van der Waals surface area contributed by atoms with Crippen LogP contribution in [-0.2, 0) is 14.4 Å². The van der Waals surface area contributed by atoms with E-state index >= 15 is 0 Å². The van der Waals surface area contributed by atoms with E-state index < -0.39 is 36.0 Å². The third-order valence-corrected chi connectivity index (χ3v) is 7.22. The molecule has 0 bridgehead atoms. The maximum absolute atomic E-state index is 13.5. The van der Waals surface area contributed by atoms with Crippen LogP contribution >= 0.6 is 0 Å². The first-order chi connectivity index (χ1) is 15.5. The molecule has 0 radical (unpaired) electrons. The van der Waals surface area contributed by atoms with Crippen molar-refractivity contribution in [3.05, 3.63) is 35.9 Å². The number of rotatable bonds is 6. The molecule has 3 fully saturated rings. The third kappa shape index (κ3) is 3.94. The van der Waals surface area contributed by atoms with E-state index in [1.54, 1.807) is 0 Å². The topological polar surface area (TPSA) is 99.4 Å². The fourth-order valence-electron chi connectivity index (χ4n) is 5.63. The standard InChI is InChI=1S/C25H30N2O5/c1-3-4-8-13-32-26-19-14-20(28)23(29)21-17(19)11-12-18-22(21)25(31)27(24(18)30)15(2)16-9-6-5-7-10-16/h1,5-7,9-10,15,17-18,20-23,28-29H,4,8,11-14H2,2H3/t15-,17-,18+,20+,21-,22+,23+/m0/s1. The van der Waals surface area contributed by atoms with E-state index in [0.29, 0.717) is 38.0 Å². The van der Waals surface area contributed by atoms with E-state index in [0.717, 1.165) is 5.56 Å². The summed E-state index contributed by atoms with van der Waals surface area (Å²) in [4.78, 5) is 33.6. The Labute approximate surface area is 188 Å². The van der Waals surface area contributed by atoms with E-state index in [4.69, 9.17) is 11.3 Å². The van der Waals surface area contributed by atoms with Gasteiger partial charge in [0.2, 0.25) is 11.8 Å². The van der Waals surface area contributed by atoms with E-state index in [2.05, 4.69) is 11.1 Å². The fourth-order valence-corrected chi connectivity index (χ4v) is 5.63. The Kier molecular flexibility index (Phi) is 6.63. The molecule has 2 N–H and O–H groups in total. The largest absolute Gasteiger partial charge is 0.396 e. The molecule has 4 rings (SSSR count). The molecule has 0 aromatic heterocycles. The molecule has 2 aliphatic carbocycles. The highest BCUT2D eigenvalue weighted by molar-refractivity contribution is 6.06. The predicted molar refractivity (Wildman–Crippen MR) is 118 cm³/mol. The SMILES string of the molecule is C#CCCCON=C1C[C@@H](O)[C@@H](O)[C@@H]2[C@@H]3C(=O)N([C@@H](C)c4ccccc4)C(=O)[C@@H]3CC[C@@H]12. The van der Waals surface area contributed by atoms with Gasteiger partial charge in [0.1, 0.15) is 6.61 Å². The zero-order valence-electron chi connectivity index (χ0n) is 18.3. The molecular formula is C25H30N2O5. The minimum atomic E-state index is -1.09. The minimum absolute atomic E-state index is 0.189. The molecule has 1 heterocycles. The summed E-state index contributed by atoms with van der Waals surface area (Å²) in [7, 11) is 0. The van der Waals surface area contributed by atoms with Crippen LogP contribution in [0.25, 0.3) is 0 Å². The number of aliphatic hydroxyl groups is 2. The Balaban J connectivity index is 1.58. The van der Waals surface area contributed by atoms with Crippen LogP contribution in [0.4, 0.5) is 0 Å². The van der Waals surface area contributed by atoms with Gasteiger partial charge in [-0.1, -0.05) is 35.5 Å². The normalized spacial score (nSPS) is 34.1. The van der Waals surface area contributed by atoms with Gasteiger partial charge in [0.05, 0.1) is 35.8 Å². The number of amides is 2. The highest BCUT2D eigenvalue weighted by Gasteiger charge is 2.60. The average Bonchev–Trinajstić information content (AvgIpc) is 3.06. The van der Waals surface area contributed by atoms with Crippen molar-refractivity contribution in [2.24, 2.45) is 28.8 Å². The quantitative estimate of drug-likeness (QED) is 0.307. The molecule has 7 nitrogen and oxygen atoms in total. The first-order valence-corrected chi connectivity index (χ1v) is 11.4. The molecule has 170 valence electrons. The number of carbonyl (C=O) groups excluding carboxylic acids is 2. The second-order valence-corrected chi connectivity index (χ2v) is 9.01. The van der Waals surface area contributed by atoms with Crippen molar-refractivity contribution in [1.82, 2.24) is 4.90 Å². The lowest BCUT2D eigenvalue weighted by Gasteiger charge is -2.45. The van der Waals surface area contributed by atoms with Crippen LogP contribution in [0.15, 0.2) is 35.5 Å². The number of unbranched alkanes of at least 4 members (excludes halogenated alkanes) is 1. The molecule has 3 aliphatic rings. The van der Waals surface area contributed by atoms with Crippen molar-refractivity contribution < 1.29 is 24.6 Å². The maximum Gasteiger partial charge on any atom is 0.234 e. The van der Waals surface area contributed by atoms with E-state index in [1.807, 2.05) is 37.3 Å². The van der Waals surface area contributed by atoms with Gasteiger partial charge in [-0.2, -0.15) is 0 Å². The average molecular weight is 439 g/mol. The zero-order chi connectivity index (χ0) is 22.8. The highest BCUT2D eigenvalue weighted by atomic mass is 16.6. The van der Waals surface area contributed by atoms with E-state index in [-0.39, 0.29) is 24.2 Å². The lowest BCUT2D eigenvalue weighted by atomic mass is 9.60. The Morgan fingerprint density at radius 2 is 1.91 bits per heavy atom. The Hall–Kier alpha value is -2.69. The number of hydrogen-bond acceptors (Lipinski definition) is 6. The van der Waals surface area contributed by atoms with Crippen molar-refractivity contribution in [3.8, 4) is 12.3 Å². The van der Waals surface area contributed by atoms with Crippen LogP contribution in [0, 0.1) is 36.0 Å². The zero-order valence-corrected chi connectivity index (χ0v) is 18.3. The van der Waals surface area contributed by atoms with Gasteiger partial charge >= 0.3 is 0 Å². The molecule has 2 saturated carbocycles. The second-order valence-electron chi connectivity index (χ2n) is 9.01. The number of oxime groups is 1. The molecule has 7 heteroatoms. The number of carbonyl (C=O) groups is 2. The highest BCUT2D eigenvalue weighted by Crippen LogP contribution is 2.51.